The van der Waals surface area contributed by atoms with Crippen LogP contribution in [0.2, 0.25) is 0 Å². The third-order valence-corrected chi connectivity index (χ3v) is 3.14. The first kappa shape index (κ1) is 15.5. The molecule has 3 N–H and O–H groups in total. The minimum Gasteiger partial charge on any atom is -0.497 e. The summed E-state index contributed by atoms with van der Waals surface area (Å²) in [6.45, 7) is 1.79. The van der Waals surface area contributed by atoms with Crippen LogP contribution >= 0.6 is 0 Å². The maximum absolute atomic E-state index is 5.62. The number of nitrogens with two attached hydrogens (primary N) is 1. The smallest absolute Gasteiger partial charge is 0.146 e. The van der Waals surface area contributed by atoms with Crippen LogP contribution in [-0.4, -0.2) is 32.4 Å². The number of hydrazine groups is 1. The fraction of sp³-hybridized carbons (Fsp3) is 0.400. The summed E-state index contributed by atoms with van der Waals surface area (Å²) in [5.41, 5.74) is 4.37. The first-order valence-electron chi connectivity index (χ1n) is 6.79. The molecular weight excluding hydrogens is 270 g/mol. The van der Waals surface area contributed by atoms with Gasteiger partial charge in [-0.15, -0.1) is 0 Å². The normalized spacial score (nSPS) is 10.8. The number of nitrogens with one attached hydrogen (secondary N) is 1. The minimum absolute atomic E-state index is 0.457. The van der Waals surface area contributed by atoms with Crippen molar-refractivity contribution in [2.75, 3.05) is 32.9 Å². The molecule has 1 aromatic carbocycles. The summed E-state index contributed by atoms with van der Waals surface area (Å²) in [5.74, 6) is 6.92. The van der Waals surface area contributed by atoms with Gasteiger partial charge in [-0.1, -0.05) is 0 Å². The van der Waals surface area contributed by atoms with E-state index in [2.05, 4.69) is 10.4 Å². The number of aromatic nitrogens is 1. The predicted octanol–water partition coefficient (Wildman–Crippen LogP) is 2.08. The van der Waals surface area contributed by atoms with E-state index in [-0.39, 0.29) is 0 Å². The summed E-state index contributed by atoms with van der Waals surface area (Å²) in [7, 11) is 3.31. The number of hydrogen-bond acceptors (Lipinski definition) is 6. The number of fused-ring (bicyclic) bond motifs is 1. The zero-order valence-corrected chi connectivity index (χ0v) is 12.4. The van der Waals surface area contributed by atoms with E-state index in [9.17, 15) is 0 Å². The molecule has 0 unspecified atom stereocenters. The van der Waals surface area contributed by atoms with Crippen LogP contribution in [0.25, 0.3) is 10.9 Å². The highest BCUT2D eigenvalue weighted by Gasteiger charge is 2.07. The van der Waals surface area contributed by atoms with E-state index < -0.39 is 0 Å². The van der Waals surface area contributed by atoms with Gasteiger partial charge in [0, 0.05) is 37.3 Å². The summed E-state index contributed by atoms with van der Waals surface area (Å²) in [4.78, 5) is 4.50. The van der Waals surface area contributed by atoms with Crippen molar-refractivity contribution in [2.24, 2.45) is 5.84 Å². The number of ether oxygens (including phenoxy) is 3. The van der Waals surface area contributed by atoms with Crippen LogP contribution in [0, 0.1) is 0 Å². The number of pyridine rings is 1. The molecule has 2 rings (SSSR count). The van der Waals surface area contributed by atoms with Crippen molar-refractivity contribution in [3.8, 4) is 5.75 Å². The van der Waals surface area contributed by atoms with E-state index in [1.807, 2.05) is 24.3 Å². The topological polar surface area (TPSA) is 78.6 Å². The monoisotopic (exact) mass is 291 g/mol. The van der Waals surface area contributed by atoms with Gasteiger partial charge < -0.3 is 19.6 Å². The highest BCUT2D eigenvalue weighted by atomic mass is 16.5. The molecule has 0 aliphatic rings. The van der Waals surface area contributed by atoms with Gasteiger partial charge in [0.15, 0.2) is 0 Å². The summed E-state index contributed by atoms with van der Waals surface area (Å²) in [6.07, 6.45) is 0.861. The zero-order chi connectivity index (χ0) is 15.1. The van der Waals surface area contributed by atoms with Gasteiger partial charge in [-0.2, -0.15) is 0 Å². The number of nitrogens with zero attached hydrogens (tertiary/aromatic N) is 1. The summed E-state index contributed by atoms with van der Waals surface area (Å²) in [5, 5.41) is 1.02. The summed E-state index contributed by atoms with van der Waals surface area (Å²) >= 11 is 0. The number of rotatable bonds is 8. The van der Waals surface area contributed by atoms with Gasteiger partial charge in [0.2, 0.25) is 0 Å². The molecule has 2 aromatic rings. The predicted molar refractivity (Wildman–Crippen MR) is 82.3 cm³/mol. The molecule has 0 fully saturated rings. The third-order valence-electron chi connectivity index (χ3n) is 3.14. The van der Waals surface area contributed by atoms with Crippen molar-refractivity contribution in [1.82, 2.24) is 4.98 Å². The molecule has 0 saturated carbocycles. The molecule has 0 aliphatic carbocycles. The van der Waals surface area contributed by atoms with E-state index in [1.54, 1.807) is 14.2 Å². The largest absolute Gasteiger partial charge is 0.497 e. The van der Waals surface area contributed by atoms with Gasteiger partial charge in [-0.25, -0.2) is 10.8 Å². The molecule has 1 heterocycles. The fourth-order valence-electron chi connectivity index (χ4n) is 2.04. The Morgan fingerprint density at radius 3 is 2.76 bits per heavy atom. The summed E-state index contributed by atoms with van der Waals surface area (Å²) in [6, 6.07) is 7.77. The van der Waals surface area contributed by atoms with Crippen molar-refractivity contribution in [2.45, 2.75) is 13.0 Å². The van der Waals surface area contributed by atoms with E-state index in [1.165, 1.54) is 0 Å². The first-order chi connectivity index (χ1) is 10.3. The second-order valence-corrected chi connectivity index (χ2v) is 4.60. The molecule has 6 heteroatoms. The van der Waals surface area contributed by atoms with Crippen molar-refractivity contribution in [3.05, 3.63) is 29.8 Å². The van der Waals surface area contributed by atoms with Gasteiger partial charge in [0.25, 0.3) is 0 Å². The quantitative estimate of drug-likeness (QED) is 0.440. The van der Waals surface area contributed by atoms with Crippen molar-refractivity contribution in [1.29, 1.82) is 0 Å². The van der Waals surface area contributed by atoms with Crippen LogP contribution in [0.4, 0.5) is 5.82 Å². The molecule has 0 atom stereocenters. The van der Waals surface area contributed by atoms with Gasteiger partial charge in [0.05, 0.1) is 19.2 Å². The maximum Gasteiger partial charge on any atom is 0.146 e. The van der Waals surface area contributed by atoms with E-state index in [0.29, 0.717) is 25.6 Å². The van der Waals surface area contributed by atoms with Gasteiger partial charge in [-0.3, -0.25) is 0 Å². The molecule has 0 bridgehead atoms. The fourth-order valence-corrected chi connectivity index (χ4v) is 2.04. The lowest BCUT2D eigenvalue weighted by molar-refractivity contribution is 0.0931. The second kappa shape index (κ2) is 7.78. The highest BCUT2D eigenvalue weighted by molar-refractivity contribution is 5.83. The average molecular weight is 291 g/mol. The Hall–Kier alpha value is -1.89. The average Bonchev–Trinajstić information content (AvgIpc) is 2.53. The van der Waals surface area contributed by atoms with Crippen molar-refractivity contribution < 1.29 is 14.2 Å². The van der Waals surface area contributed by atoms with Crippen LogP contribution in [0.5, 0.6) is 5.75 Å². The van der Waals surface area contributed by atoms with Crippen LogP contribution in [0.15, 0.2) is 24.3 Å². The standard InChI is InChI=1S/C15H21N3O3/c1-19-6-3-7-21-10-12-8-11-4-5-13(20-2)9-14(11)17-15(12)18-16/h4-5,8-9H,3,6-7,10,16H2,1-2H3,(H,17,18). The first-order valence-corrected chi connectivity index (χ1v) is 6.79. The lowest BCUT2D eigenvalue weighted by atomic mass is 10.1. The lowest BCUT2D eigenvalue weighted by Gasteiger charge is -2.11. The number of methoxy groups -OCH3 is 2. The van der Waals surface area contributed by atoms with Gasteiger partial charge >= 0.3 is 0 Å². The van der Waals surface area contributed by atoms with E-state index in [0.717, 1.165) is 28.6 Å². The Morgan fingerprint density at radius 1 is 1.19 bits per heavy atom. The zero-order valence-electron chi connectivity index (χ0n) is 12.4. The minimum atomic E-state index is 0.457. The number of benzene rings is 1. The van der Waals surface area contributed by atoms with E-state index in [4.69, 9.17) is 20.1 Å². The van der Waals surface area contributed by atoms with Gasteiger partial charge in [-0.05, 0) is 24.6 Å². The Morgan fingerprint density at radius 2 is 2.05 bits per heavy atom. The number of anilines is 1. The van der Waals surface area contributed by atoms with Gasteiger partial charge in [0.1, 0.15) is 11.6 Å². The molecule has 0 spiro atoms. The molecule has 0 saturated heterocycles. The number of nitrogen functional groups attached to an aromatic ring is 1. The molecule has 114 valence electrons. The van der Waals surface area contributed by atoms with Crippen LogP contribution in [-0.2, 0) is 16.1 Å². The molecule has 0 amide bonds. The van der Waals surface area contributed by atoms with E-state index >= 15 is 0 Å². The SMILES string of the molecule is COCCCOCc1cc2ccc(OC)cc2nc1NN. The van der Waals surface area contributed by atoms with Crippen LogP contribution in [0.3, 0.4) is 0 Å². The Bertz CT molecular complexity index is 590. The maximum atomic E-state index is 5.62. The van der Waals surface area contributed by atoms with Crippen molar-refractivity contribution >= 4 is 16.7 Å². The Labute approximate surface area is 124 Å². The highest BCUT2D eigenvalue weighted by Crippen LogP contribution is 2.24. The molecule has 1 aromatic heterocycles. The van der Waals surface area contributed by atoms with Crippen molar-refractivity contribution in [3.63, 3.8) is 0 Å². The second-order valence-electron chi connectivity index (χ2n) is 4.60. The molecule has 0 aliphatic heterocycles. The van der Waals surface area contributed by atoms with Crippen LogP contribution < -0.4 is 16.0 Å². The molecule has 6 nitrogen and oxygen atoms in total. The Balaban J connectivity index is 2.14. The lowest BCUT2D eigenvalue weighted by Crippen LogP contribution is -2.12. The van der Waals surface area contributed by atoms with Crippen LogP contribution in [0.1, 0.15) is 12.0 Å². The summed E-state index contributed by atoms with van der Waals surface area (Å²) < 4.78 is 15.8. The molecular formula is C15H21N3O3. The third kappa shape index (κ3) is 4.04. The Kier molecular flexibility index (Phi) is 5.74. The number of hydrogen-bond donors (Lipinski definition) is 2. The molecule has 21 heavy (non-hydrogen) atoms. The molecule has 0 radical (unpaired) electrons.